The summed E-state index contributed by atoms with van der Waals surface area (Å²) in [7, 11) is -3.93. The number of fused-ring (bicyclic) bond motifs is 2. The zero-order valence-corrected chi connectivity index (χ0v) is 19.2. The van der Waals surface area contributed by atoms with Gasteiger partial charge in [-0.3, -0.25) is 4.79 Å². The van der Waals surface area contributed by atoms with Crippen LogP contribution in [0.25, 0.3) is 10.9 Å². The lowest BCUT2D eigenvalue weighted by Crippen LogP contribution is -2.38. The zero-order chi connectivity index (χ0) is 23.0. The first-order valence-electron chi connectivity index (χ1n) is 11.0. The van der Waals surface area contributed by atoms with E-state index in [0.29, 0.717) is 36.9 Å². The van der Waals surface area contributed by atoms with Crippen molar-refractivity contribution in [2.45, 2.75) is 37.3 Å². The summed E-state index contributed by atoms with van der Waals surface area (Å²) in [6.45, 7) is 3.46. The molecular weight excluding hydrogens is 444 g/mol. The summed E-state index contributed by atoms with van der Waals surface area (Å²) in [5.74, 6) is 0.922. The Morgan fingerprint density at radius 3 is 2.64 bits per heavy atom. The van der Waals surface area contributed by atoms with Crippen molar-refractivity contribution in [1.29, 1.82) is 0 Å². The van der Waals surface area contributed by atoms with E-state index in [1.54, 1.807) is 12.1 Å². The van der Waals surface area contributed by atoms with E-state index in [1.165, 1.54) is 16.4 Å². The average molecular weight is 471 g/mol. The molecule has 0 radical (unpaired) electrons. The van der Waals surface area contributed by atoms with Crippen LogP contribution in [-0.4, -0.2) is 50.2 Å². The molecule has 0 amide bonds. The third-order valence-electron chi connectivity index (χ3n) is 6.01. The molecule has 3 heterocycles. The maximum atomic E-state index is 13.7. The van der Waals surface area contributed by atoms with Crippen molar-refractivity contribution < 1.29 is 22.6 Å². The monoisotopic (exact) mass is 470 g/mol. The molecule has 0 bridgehead atoms. The fraction of sp³-hybridized carbons (Fsp3) is 0.375. The van der Waals surface area contributed by atoms with Gasteiger partial charge in [0.15, 0.2) is 11.5 Å². The van der Waals surface area contributed by atoms with E-state index in [-0.39, 0.29) is 29.6 Å². The summed E-state index contributed by atoms with van der Waals surface area (Å²) >= 11 is 0. The molecule has 1 saturated heterocycles. The lowest BCUT2D eigenvalue weighted by molar-refractivity contribution is 0.0925. The molecule has 33 heavy (non-hydrogen) atoms. The number of sulfonamides is 1. The van der Waals surface area contributed by atoms with E-state index in [0.717, 1.165) is 29.3 Å². The van der Waals surface area contributed by atoms with Crippen molar-refractivity contribution in [3.8, 4) is 11.5 Å². The van der Waals surface area contributed by atoms with Gasteiger partial charge in [0.1, 0.15) is 13.2 Å². The second kappa shape index (κ2) is 8.81. The number of aromatic amines is 1. The number of rotatable bonds is 6. The maximum absolute atomic E-state index is 13.7. The molecule has 1 N–H and O–H groups in total. The average Bonchev–Trinajstić information content (AvgIpc) is 3.32. The number of nitrogens with one attached hydrogen (secondary N) is 1. The van der Waals surface area contributed by atoms with E-state index in [4.69, 9.17) is 14.2 Å². The topological polar surface area (TPSA) is 97.9 Å². The number of aryl methyl sites for hydroxylation is 1. The summed E-state index contributed by atoms with van der Waals surface area (Å²) in [5, 5.41) is 0.851. The van der Waals surface area contributed by atoms with Crippen LogP contribution in [0.4, 0.5) is 0 Å². The van der Waals surface area contributed by atoms with Crippen molar-refractivity contribution >= 4 is 20.9 Å². The van der Waals surface area contributed by atoms with Gasteiger partial charge >= 0.3 is 0 Å². The van der Waals surface area contributed by atoms with Crippen LogP contribution in [0, 0.1) is 6.92 Å². The number of H-pyrrole nitrogens is 1. The van der Waals surface area contributed by atoms with Gasteiger partial charge in [-0.2, -0.15) is 4.31 Å². The summed E-state index contributed by atoms with van der Waals surface area (Å²) in [4.78, 5) is 15.8. The molecule has 1 unspecified atom stereocenters. The molecular formula is C24H26N2O6S. The van der Waals surface area contributed by atoms with Crippen molar-refractivity contribution in [3.05, 3.63) is 63.9 Å². The Morgan fingerprint density at radius 1 is 1.03 bits per heavy atom. The van der Waals surface area contributed by atoms with Gasteiger partial charge in [0, 0.05) is 36.8 Å². The minimum Gasteiger partial charge on any atom is -0.486 e. The fourth-order valence-electron chi connectivity index (χ4n) is 4.26. The minimum atomic E-state index is -3.93. The first-order valence-corrected chi connectivity index (χ1v) is 12.5. The first-order chi connectivity index (χ1) is 15.9. The predicted molar refractivity (Wildman–Crippen MR) is 123 cm³/mol. The third-order valence-corrected chi connectivity index (χ3v) is 7.82. The van der Waals surface area contributed by atoms with Crippen molar-refractivity contribution in [2.24, 2.45) is 0 Å². The third kappa shape index (κ3) is 4.48. The van der Waals surface area contributed by atoms with Gasteiger partial charge in [0.25, 0.3) is 5.56 Å². The number of nitrogens with zero attached hydrogens (tertiary/aromatic N) is 1. The van der Waals surface area contributed by atoms with Crippen LogP contribution in [0.2, 0.25) is 0 Å². The second-order valence-electron chi connectivity index (χ2n) is 8.45. The lowest BCUT2D eigenvalue weighted by atomic mass is 10.1. The molecule has 2 aliphatic rings. The molecule has 0 spiro atoms. The summed E-state index contributed by atoms with van der Waals surface area (Å²) in [5.41, 5.74) is 1.84. The fourth-order valence-corrected chi connectivity index (χ4v) is 5.73. The van der Waals surface area contributed by atoms with Gasteiger partial charge in [0.05, 0.1) is 11.0 Å². The Hall–Kier alpha value is -2.88. The Kier molecular flexibility index (Phi) is 5.86. The van der Waals surface area contributed by atoms with Crippen LogP contribution in [-0.2, 0) is 21.3 Å². The highest BCUT2D eigenvalue weighted by Crippen LogP contribution is 2.33. The minimum absolute atomic E-state index is 0.0597. The van der Waals surface area contributed by atoms with E-state index < -0.39 is 10.0 Å². The number of pyridine rings is 1. The maximum Gasteiger partial charge on any atom is 0.252 e. The van der Waals surface area contributed by atoms with Crippen LogP contribution in [0.1, 0.15) is 24.0 Å². The van der Waals surface area contributed by atoms with Crippen LogP contribution < -0.4 is 15.0 Å². The molecule has 0 aliphatic carbocycles. The molecule has 174 valence electrons. The number of benzene rings is 2. The SMILES string of the molecule is Cc1ccc2cc(CN(CC3CCCO3)S(=O)(=O)c3ccc4c(c3)OCCO4)c(=O)[nH]c2c1. The lowest BCUT2D eigenvalue weighted by Gasteiger charge is -2.26. The molecule has 9 heteroatoms. The molecule has 2 aliphatic heterocycles. The Bertz CT molecular complexity index is 1340. The van der Waals surface area contributed by atoms with Gasteiger partial charge in [-0.15, -0.1) is 0 Å². The summed E-state index contributed by atoms with van der Waals surface area (Å²) in [6, 6.07) is 12.1. The first kappa shape index (κ1) is 21.9. The zero-order valence-electron chi connectivity index (χ0n) is 18.4. The van der Waals surface area contributed by atoms with Crippen LogP contribution >= 0.6 is 0 Å². The highest BCUT2D eigenvalue weighted by Gasteiger charge is 2.31. The summed E-state index contributed by atoms with van der Waals surface area (Å²) < 4.78 is 45.5. The van der Waals surface area contributed by atoms with Gasteiger partial charge in [-0.05, 0) is 55.0 Å². The molecule has 1 atom stereocenters. The predicted octanol–water partition coefficient (Wildman–Crippen LogP) is 2.98. The number of ether oxygens (including phenoxy) is 3. The van der Waals surface area contributed by atoms with Crippen molar-refractivity contribution in [2.75, 3.05) is 26.4 Å². The van der Waals surface area contributed by atoms with Crippen LogP contribution in [0.3, 0.4) is 0 Å². The molecule has 1 fully saturated rings. The highest BCUT2D eigenvalue weighted by molar-refractivity contribution is 7.89. The van der Waals surface area contributed by atoms with E-state index in [9.17, 15) is 13.2 Å². The van der Waals surface area contributed by atoms with Crippen LogP contribution in [0.15, 0.2) is 52.2 Å². The number of aromatic nitrogens is 1. The van der Waals surface area contributed by atoms with Gasteiger partial charge in [-0.25, -0.2) is 8.42 Å². The molecule has 3 aromatic rings. The molecule has 8 nitrogen and oxygen atoms in total. The highest BCUT2D eigenvalue weighted by atomic mass is 32.2. The van der Waals surface area contributed by atoms with E-state index >= 15 is 0 Å². The van der Waals surface area contributed by atoms with E-state index in [2.05, 4.69) is 4.98 Å². The Labute approximate surface area is 192 Å². The summed E-state index contributed by atoms with van der Waals surface area (Å²) in [6.07, 6.45) is 1.46. The normalized spacial score (nSPS) is 18.2. The Balaban J connectivity index is 1.52. The molecule has 2 aromatic carbocycles. The van der Waals surface area contributed by atoms with E-state index in [1.807, 2.05) is 25.1 Å². The molecule has 5 rings (SSSR count). The number of hydrogen-bond acceptors (Lipinski definition) is 6. The second-order valence-corrected chi connectivity index (χ2v) is 10.4. The number of hydrogen-bond donors (Lipinski definition) is 1. The van der Waals surface area contributed by atoms with Crippen molar-refractivity contribution in [1.82, 2.24) is 9.29 Å². The van der Waals surface area contributed by atoms with Crippen LogP contribution in [0.5, 0.6) is 11.5 Å². The molecule has 0 saturated carbocycles. The largest absolute Gasteiger partial charge is 0.486 e. The smallest absolute Gasteiger partial charge is 0.252 e. The standard InChI is InChI=1S/C24H26N2O6S/c1-16-4-5-17-12-18(24(27)25-21(17)11-16)14-26(15-19-3-2-8-30-19)33(28,29)20-6-7-22-23(13-20)32-10-9-31-22/h4-7,11-13,19H,2-3,8-10,14-15H2,1H3,(H,25,27). The Morgan fingerprint density at radius 2 is 1.85 bits per heavy atom. The quantitative estimate of drug-likeness (QED) is 0.595. The van der Waals surface area contributed by atoms with Crippen molar-refractivity contribution in [3.63, 3.8) is 0 Å². The van der Waals surface area contributed by atoms with Gasteiger partial charge in [0.2, 0.25) is 10.0 Å². The molecule has 1 aromatic heterocycles. The van der Waals surface area contributed by atoms with Gasteiger partial charge < -0.3 is 19.2 Å². The van der Waals surface area contributed by atoms with Gasteiger partial charge in [-0.1, -0.05) is 12.1 Å².